The highest BCUT2D eigenvalue weighted by atomic mass is 16.7. The molecule has 13 unspecified atom stereocenters. The van der Waals surface area contributed by atoms with Crippen LogP contribution in [0.25, 0.3) is 0 Å². The minimum atomic E-state index is -1.30. The average molecular weight is 565 g/mol. The largest absolute Gasteiger partial charge is 0.458 e. The number of fused-ring (bicyclic) bond motifs is 5. The minimum absolute atomic E-state index is 0.0579. The number of ether oxygens (including phenoxy) is 4. The number of methoxy groups -OCH3 is 1. The van der Waals surface area contributed by atoms with Crippen molar-refractivity contribution in [2.24, 2.45) is 28.6 Å². The first-order chi connectivity index (χ1) is 18.9. The normalized spacial score (nSPS) is 54.1. The Morgan fingerprint density at radius 1 is 1.02 bits per heavy atom. The van der Waals surface area contributed by atoms with Gasteiger partial charge >= 0.3 is 5.97 Å². The number of cyclic esters (lactones) is 1. The van der Waals surface area contributed by atoms with Crippen LogP contribution < -0.4 is 0 Å². The van der Waals surface area contributed by atoms with Gasteiger partial charge in [0.05, 0.1) is 28.8 Å². The van der Waals surface area contributed by atoms with Crippen LogP contribution in [-0.2, 0) is 28.5 Å². The number of carbonyl (C=O) groups is 2. The van der Waals surface area contributed by atoms with Gasteiger partial charge < -0.3 is 44.2 Å². The Bertz CT molecular complexity index is 1060. The van der Waals surface area contributed by atoms with Gasteiger partial charge in [0.15, 0.2) is 6.29 Å². The number of rotatable bonds is 5. The summed E-state index contributed by atoms with van der Waals surface area (Å²) < 4.78 is 22.7. The van der Waals surface area contributed by atoms with Crippen molar-refractivity contribution >= 4 is 12.3 Å². The third-order valence-electron chi connectivity index (χ3n) is 12.2. The molecule has 5 fully saturated rings. The zero-order valence-electron chi connectivity index (χ0n) is 23.7. The molecule has 10 heteroatoms. The maximum absolute atomic E-state index is 13.0. The summed E-state index contributed by atoms with van der Waals surface area (Å²) in [5.74, 6) is -0.552. The third kappa shape index (κ3) is 3.86. The van der Waals surface area contributed by atoms with Crippen LogP contribution in [0.3, 0.4) is 0 Å². The molecule has 0 aromatic heterocycles. The van der Waals surface area contributed by atoms with Crippen LogP contribution in [-0.4, -0.2) is 94.4 Å². The predicted octanol–water partition coefficient (Wildman–Crippen LogP) is 1.40. The zero-order valence-corrected chi connectivity index (χ0v) is 23.7. The van der Waals surface area contributed by atoms with Crippen LogP contribution in [0.15, 0.2) is 11.6 Å². The van der Waals surface area contributed by atoms with E-state index in [1.165, 1.54) is 7.11 Å². The molecule has 0 bridgehead atoms. The maximum Gasteiger partial charge on any atom is 0.331 e. The Kier molecular flexibility index (Phi) is 7.05. The number of hydrogen-bond donors (Lipinski definition) is 4. The molecule has 0 aromatic carbocycles. The Morgan fingerprint density at radius 2 is 1.77 bits per heavy atom. The Hall–Kier alpha value is -1.40. The van der Waals surface area contributed by atoms with Crippen molar-refractivity contribution < 1.29 is 49.0 Å². The molecule has 224 valence electrons. The van der Waals surface area contributed by atoms with Crippen LogP contribution >= 0.6 is 0 Å². The first-order valence-electron chi connectivity index (χ1n) is 14.9. The molecule has 13 atom stereocenters. The smallest absolute Gasteiger partial charge is 0.331 e. The van der Waals surface area contributed by atoms with Crippen molar-refractivity contribution in [1.29, 1.82) is 0 Å². The standard InChI is InChI=1S/C30H44O10/c1-16-23(33)24(34)25(37-3)26(39-16)40-18-4-9-28(15-31)20-5-8-27(2)19(17-12-22(32)38-14-17)7-11-30(27,36)21(20)6-10-29(28,35)13-18/h12,15-16,18-21,23-26,33-36H,4-11,13-14H2,1-3H3. The number of esters is 1. The van der Waals surface area contributed by atoms with Gasteiger partial charge in [0.1, 0.15) is 31.2 Å². The lowest BCUT2D eigenvalue weighted by atomic mass is 9.41. The predicted molar refractivity (Wildman–Crippen MR) is 140 cm³/mol. The first kappa shape index (κ1) is 28.7. The molecular weight excluding hydrogens is 520 g/mol. The Balaban J connectivity index is 1.22. The number of hydrogen-bond acceptors (Lipinski definition) is 10. The topological polar surface area (TPSA) is 152 Å². The molecule has 0 aromatic rings. The maximum atomic E-state index is 13.0. The minimum Gasteiger partial charge on any atom is -0.458 e. The van der Waals surface area contributed by atoms with E-state index in [1.54, 1.807) is 13.0 Å². The molecule has 1 saturated heterocycles. The van der Waals surface area contributed by atoms with Gasteiger partial charge in [0.2, 0.25) is 0 Å². The molecule has 0 amide bonds. The van der Waals surface area contributed by atoms with Gasteiger partial charge in [-0.1, -0.05) is 6.92 Å². The molecule has 40 heavy (non-hydrogen) atoms. The van der Waals surface area contributed by atoms with Gasteiger partial charge in [-0.05, 0) is 81.6 Å². The van der Waals surface area contributed by atoms with E-state index in [1.807, 2.05) is 0 Å². The Labute approximate surface area is 235 Å². The van der Waals surface area contributed by atoms with E-state index >= 15 is 0 Å². The Morgan fingerprint density at radius 3 is 2.45 bits per heavy atom. The second-order valence-corrected chi connectivity index (χ2v) is 13.6. The lowest BCUT2D eigenvalue weighted by Gasteiger charge is -2.65. The second-order valence-electron chi connectivity index (χ2n) is 13.6. The fourth-order valence-electron chi connectivity index (χ4n) is 9.99. The molecule has 2 heterocycles. The van der Waals surface area contributed by atoms with E-state index < -0.39 is 58.8 Å². The summed E-state index contributed by atoms with van der Waals surface area (Å²) in [5, 5.41) is 45.3. The number of aliphatic hydroxyl groups excluding tert-OH is 2. The van der Waals surface area contributed by atoms with Crippen molar-refractivity contribution in [3.63, 3.8) is 0 Å². The van der Waals surface area contributed by atoms with E-state index in [2.05, 4.69) is 6.92 Å². The third-order valence-corrected chi connectivity index (χ3v) is 12.2. The summed E-state index contributed by atoms with van der Waals surface area (Å²) in [6.07, 6.45) is 2.33. The lowest BCUT2D eigenvalue weighted by Crippen LogP contribution is -2.69. The molecule has 4 aliphatic carbocycles. The molecule has 6 rings (SSSR count). The molecule has 2 aliphatic heterocycles. The van der Waals surface area contributed by atoms with Gasteiger partial charge in [-0.3, -0.25) is 0 Å². The monoisotopic (exact) mass is 564 g/mol. The summed E-state index contributed by atoms with van der Waals surface area (Å²) in [7, 11) is 1.42. The van der Waals surface area contributed by atoms with Gasteiger partial charge in [0.25, 0.3) is 0 Å². The van der Waals surface area contributed by atoms with Crippen molar-refractivity contribution in [3.8, 4) is 0 Å². The van der Waals surface area contributed by atoms with Gasteiger partial charge in [0, 0.05) is 25.0 Å². The van der Waals surface area contributed by atoms with E-state index in [4.69, 9.17) is 18.9 Å². The van der Waals surface area contributed by atoms with E-state index in [0.29, 0.717) is 44.9 Å². The average Bonchev–Trinajstić information content (AvgIpc) is 3.46. The van der Waals surface area contributed by atoms with Crippen LogP contribution in [0.1, 0.15) is 71.6 Å². The highest BCUT2D eigenvalue weighted by molar-refractivity contribution is 5.85. The fourth-order valence-corrected chi connectivity index (χ4v) is 9.99. The number of carbonyl (C=O) groups excluding carboxylic acids is 2. The van der Waals surface area contributed by atoms with Gasteiger partial charge in [-0.2, -0.15) is 0 Å². The van der Waals surface area contributed by atoms with Crippen LogP contribution in [0.2, 0.25) is 0 Å². The highest BCUT2D eigenvalue weighted by Gasteiger charge is 2.71. The quantitative estimate of drug-likeness (QED) is 0.219. The summed E-state index contributed by atoms with van der Waals surface area (Å²) >= 11 is 0. The molecule has 4 saturated carbocycles. The van der Waals surface area contributed by atoms with Crippen LogP contribution in [0, 0.1) is 28.6 Å². The van der Waals surface area contributed by atoms with Crippen LogP contribution in [0.5, 0.6) is 0 Å². The SMILES string of the molecule is COC1C(OC2CCC3(C=O)C4CCC5(C)C(C6=CC(=O)OC6)CCC5(O)C4CCC3(O)C2)OC(C)C(O)C1O. The summed E-state index contributed by atoms with van der Waals surface area (Å²) in [6.45, 7) is 4.07. The summed E-state index contributed by atoms with van der Waals surface area (Å²) in [4.78, 5) is 24.8. The molecule has 10 nitrogen and oxygen atoms in total. The van der Waals surface area contributed by atoms with E-state index in [0.717, 1.165) is 18.3 Å². The van der Waals surface area contributed by atoms with Crippen molar-refractivity contribution in [2.75, 3.05) is 13.7 Å². The van der Waals surface area contributed by atoms with Crippen molar-refractivity contribution in [1.82, 2.24) is 0 Å². The highest BCUT2D eigenvalue weighted by Crippen LogP contribution is 2.70. The number of aldehydes is 1. The zero-order chi connectivity index (χ0) is 28.7. The molecule has 0 spiro atoms. The summed E-state index contributed by atoms with van der Waals surface area (Å²) in [6, 6.07) is 0. The fraction of sp³-hybridized carbons (Fsp3) is 0.867. The van der Waals surface area contributed by atoms with Crippen LogP contribution in [0.4, 0.5) is 0 Å². The van der Waals surface area contributed by atoms with Gasteiger partial charge in [-0.15, -0.1) is 0 Å². The molecule has 6 aliphatic rings. The van der Waals surface area contributed by atoms with Crippen molar-refractivity contribution in [3.05, 3.63) is 11.6 Å². The summed E-state index contributed by atoms with van der Waals surface area (Å²) in [5.41, 5.74) is -2.75. The van der Waals surface area contributed by atoms with Gasteiger partial charge in [-0.25, -0.2) is 4.79 Å². The molecular formula is C30H44O10. The van der Waals surface area contributed by atoms with Crippen molar-refractivity contribution in [2.45, 2.75) is 120 Å². The molecule has 4 N–H and O–H groups in total. The lowest BCUT2D eigenvalue weighted by molar-refractivity contribution is -0.320. The second kappa shape index (κ2) is 9.82. The van der Waals surface area contributed by atoms with E-state index in [9.17, 15) is 30.0 Å². The van der Waals surface area contributed by atoms with E-state index in [-0.39, 0.29) is 36.8 Å². The first-order valence-corrected chi connectivity index (χ1v) is 14.9. The number of aliphatic hydroxyl groups is 4. The molecule has 0 radical (unpaired) electrons.